The van der Waals surface area contributed by atoms with Gasteiger partial charge in [0, 0.05) is 36.1 Å². The number of carbonyl (C=O) groups excluding carboxylic acids is 1. The summed E-state index contributed by atoms with van der Waals surface area (Å²) < 4.78 is 20.9. The molecule has 2 aromatic heterocycles. The Kier molecular flexibility index (Phi) is 4.14. The summed E-state index contributed by atoms with van der Waals surface area (Å²) in [4.78, 5) is 19.1. The van der Waals surface area contributed by atoms with Crippen molar-refractivity contribution in [1.82, 2.24) is 14.8 Å². The Balaban J connectivity index is 1.82. The Morgan fingerprint density at radius 3 is 2.81 bits per heavy atom. The van der Waals surface area contributed by atoms with Crippen LogP contribution in [0.15, 0.2) is 42.7 Å². The van der Waals surface area contributed by atoms with Gasteiger partial charge in [-0.05, 0) is 37.6 Å². The Morgan fingerprint density at radius 2 is 2.07 bits per heavy atom. The maximum atomic E-state index is 14.0. The summed E-state index contributed by atoms with van der Waals surface area (Å²) in [5, 5.41) is 4.42. The fraction of sp³-hybridized carbons (Fsp3) is 0.250. The lowest BCUT2D eigenvalue weighted by atomic mass is 10.0. The van der Waals surface area contributed by atoms with Gasteiger partial charge in [-0.1, -0.05) is 0 Å². The quantitative estimate of drug-likeness (QED) is 0.710. The van der Waals surface area contributed by atoms with E-state index in [4.69, 9.17) is 4.74 Å². The normalized spacial score (nSPS) is 16.4. The van der Waals surface area contributed by atoms with Gasteiger partial charge in [0.25, 0.3) is 5.91 Å². The molecule has 1 atom stereocenters. The molecule has 7 heteroatoms. The van der Waals surface area contributed by atoms with Crippen molar-refractivity contribution in [2.45, 2.75) is 19.9 Å². The summed E-state index contributed by atoms with van der Waals surface area (Å²) >= 11 is 0. The van der Waals surface area contributed by atoms with E-state index in [9.17, 15) is 9.18 Å². The van der Waals surface area contributed by atoms with Crippen molar-refractivity contribution < 1.29 is 13.9 Å². The van der Waals surface area contributed by atoms with Gasteiger partial charge in [-0.2, -0.15) is 5.10 Å². The van der Waals surface area contributed by atoms with Crippen LogP contribution in [0.3, 0.4) is 0 Å². The SMILES string of the molecule is COc1cc(F)cc(N2C[C@H](C)n3ncc(-c4ccnc(C)c4)c3C2=O)c1. The molecule has 1 amide bonds. The van der Waals surface area contributed by atoms with Crippen molar-refractivity contribution in [3.63, 3.8) is 0 Å². The lowest BCUT2D eigenvalue weighted by Crippen LogP contribution is -2.42. The third kappa shape index (κ3) is 2.95. The molecule has 0 aliphatic carbocycles. The fourth-order valence-corrected chi connectivity index (χ4v) is 3.43. The highest BCUT2D eigenvalue weighted by Gasteiger charge is 2.34. The van der Waals surface area contributed by atoms with Gasteiger partial charge in [0.15, 0.2) is 0 Å². The minimum atomic E-state index is -0.450. The average Bonchev–Trinajstić information content (AvgIpc) is 3.10. The number of fused-ring (bicyclic) bond motifs is 1. The third-order valence-electron chi connectivity index (χ3n) is 4.72. The number of anilines is 1. The highest BCUT2D eigenvalue weighted by Crippen LogP contribution is 2.34. The smallest absolute Gasteiger partial charge is 0.277 e. The second-order valence-electron chi connectivity index (χ2n) is 6.65. The number of halogens is 1. The van der Waals surface area contributed by atoms with Crippen LogP contribution in [-0.2, 0) is 0 Å². The van der Waals surface area contributed by atoms with Crippen LogP contribution in [0.25, 0.3) is 11.1 Å². The Labute approximate surface area is 156 Å². The zero-order chi connectivity index (χ0) is 19.1. The van der Waals surface area contributed by atoms with Crippen LogP contribution in [0.4, 0.5) is 10.1 Å². The molecule has 138 valence electrons. The number of pyridine rings is 1. The van der Waals surface area contributed by atoms with Gasteiger partial charge in [-0.15, -0.1) is 0 Å². The highest BCUT2D eigenvalue weighted by atomic mass is 19.1. The first kappa shape index (κ1) is 17.2. The number of methoxy groups -OCH3 is 1. The van der Waals surface area contributed by atoms with E-state index in [2.05, 4.69) is 10.1 Å². The standard InChI is InChI=1S/C20H19FN4O2/c1-12-6-14(4-5-22-12)18-10-23-25-13(2)11-24(20(26)19(18)25)16-7-15(21)8-17(9-16)27-3/h4-10,13H,11H2,1-3H3/t13-/m0/s1. The molecular weight excluding hydrogens is 347 g/mol. The number of aromatic nitrogens is 3. The van der Waals surface area contributed by atoms with Crippen LogP contribution in [0.1, 0.15) is 29.1 Å². The number of hydrogen-bond acceptors (Lipinski definition) is 4. The zero-order valence-electron chi connectivity index (χ0n) is 15.3. The molecule has 3 aromatic rings. The van der Waals surface area contributed by atoms with Crippen molar-refractivity contribution in [3.8, 4) is 16.9 Å². The fourth-order valence-electron chi connectivity index (χ4n) is 3.43. The molecule has 0 radical (unpaired) electrons. The van der Waals surface area contributed by atoms with E-state index in [1.54, 1.807) is 28.0 Å². The maximum absolute atomic E-state index is 14.0. The third-order valence-corrected chi connectivity index (χ3v) is 4.72. The van der Waals surface area contributed by atoms with Crippen LogP contribution < -0.4 is 9.64 Å². The summed E-state index contributed by atoms with van der Waals surface area (Å²) in [7, 11) is 1.47. The molecule has 0 saturated carbocycles. The Bertz CT molecular complexity index is 1030. The monoisotopic (exact) mass is 366 g/mol. The first-order valence-electron chi connectivity index (χ1n) is 8.65. The summed E-state index contributed by atoms with van der Waals surface area (Å²) in [5.41, 5.74) is 3.43. The molecule has 0 bridgehead atoms. The van der Waals surface area contributed by atoms with E-state index in [1.165, 1.54) is 19.2 Å². The van der Waals surface area contributed by atoms with Crippen molar-refractivity contribution in [2.24, 2.45) is 0 Å². The van der Waals surface area contributed by atoms with Crippen molar-refractivity contribution in [2.75, 3.05) is 18.6 Å². The van der Waals surface area contributed by atoms with Gasteiger partial charge in [0.1, 0.15) is 17.3 Å². The lowest BCUT2D eigenvalue weighted by Gasteiger charge is -2.32. The van der Waals surface area contributed by atoms with Gasteiger partial charge in [0.2, 0.25) is 0 Å². The van der Waals surface area contributed by atoms with Gasteiger partial charge in [0.05, 0.1) is 25.0 Å². The van der Waals surface area contributed by atoms with Gasteiger partial charge >= 0.3 is 0 Å². The Hall–Kier alpha value is -3.22. The second kappa shape index (κ2) is 6.50. The summed E-state index contributed by atoms with van der Waals surface area (Å²) in [6.07, 6.45) is 3.41. The number of hydrogen-bond donors (Lipinski definition) is 0. The predicted molar refractivity (Wildman–Crippen MR) is 99.5 cm³/mol. The van der Waals surface area contributed by atoms with Gasteiger partial charge in [-0.25, -0.2) is 4.39 Å². The van der Waals surface area contributed by atoms with E-state index in [1.807, 2.05) is 26.0 Å². The molecule has 27 heavy (non-hydrogen) atoms. The second-order valence-corrected chi connectivity index (χ2v) is 6.65. The first-order valence-corrected chi connectivity index (χ1v) is 8.65. The summed E-state index contributed by atoms with van der Waals surface area (Å²) in [6, 6.07) is 8.01. The van der Waals surface area contributed by atoms with Crippen molar-refractivity contribution >= 4 is 11.6 Å². The number of rotatable bonds is 3. The molecule has 4 rings (SSSR count). The van der Waals surface area contributed by atoms with E-state index >= 15 is 0 Å². The maximum Gasteiger partial charge on any atom is 0.277 e. The minimum absolute atomic E-state index is 0.0522. The number of nitrogens with zero attached hydrogens (tertiary/aromatic N) is 4. The number of aryl methyl sites for hydroxylation is 1. The molecule has 0 fully saturated rings. The van der Waals surface area contributed by atoms with Gasteiger partial charge in [-0.3, -0.25) is 14.5 Å². The Morgan fingerprint density at radius 1 is 1.26 bits per heavy atom. The number of amides is 1. The molecule has 0 N–H and O–H groups in total. The summed E-state index contributed by atoms with van der Waals surface area (Å²) in [6.45, 7) is 4.28. The molecule has 6 nitrogen and oxygen atoms in total. The zero-order valence-corrected chi connectivity index (χ0v) is 15.3. The predicted octanol–water partition coefficient (Wildman–Crippen LogP) is 3.62. The van der Waals surface area contributed by atoms with Crippen molar-refractivity contribution in [1.29, 1.82) is 0 Å². The van der Waals surface area contributed by atoms with Crippen LogP contribution >= 0.6 is 0 Å². The molecule has 0 unspecified atom stereocenters. The van der Waals surface area contributed by atoms with E-state index in [-0.39, 0.29) is 11.9 Å². The minimum Gasteiger partial charge on any atom is -0.497 e. The van der Waals surface area contributed by atoms with E-state index in [0.717, 1.165) is 16.8 Å². The first-order chi connectivity index (χ1) is 13.0. The van der Waals surface area contributed by atoms with Crippen LogP contribution in [0.2, 0.25) is 0 Å². The van der Waals surface area contributed by atoms with E-state index < -0.39 is 5.82 Å². The highest BCUT2D eigenvalue weighted by molar-refractivity contribution is 6.09. The van der Waals surface area contributed by atoms with Crippen LogP contribution in [-0.4, -0.2) is 34.3 Å². The largest absolute Gasteiger partial charge is 0.497 e. The number of ether oxygens (including phenoxy) is 1. The number of benzene rings is 1. The molecular formula is C20H19FN4O2. The van der Waals surface area contributed by atoms with Crippen LogP contribution in [0, 0.1) is 12.7 Å². The lowest BCUT2D eigenvalue weighted by molar-refractivity contribution is 0.0954. The van der Waals surface area contributed by atoms with Crippen molar-refractivity contribution in [3.05, 3.63) is 59.9 Å². The summed E-state index contributed by atoms with van der Waals surface area (Å²) in [5.74, 6) is -0.300. The topological polar surface area (TPSA) is 60.2 Å². The van der Waals surface area contributed by atoms with Gasteiger partial charge < -0.3 is 9.64 Å². The number of carbonyl (C=O) groups is 1. The van der Waals surface area contributed by atoms with Crippen LogP contribution in [0.5, 0.6) is 5.75 Å². The average molecular weight is 366 g/mol. The molecule has 3 heterocycles. The molecule has 1 aliphatic rings. The molecule has 0 saturated heterocycles. The molecule has 0 spiro atoms. The molecule has 1 aromatic carbocycles. The molecule has 1 aliphatic heterocycles. The van der Waals surface area contributed by atoms with E-state index in [0.29, 0.717) is 23.7 Å².